The summed E-state index contributed by atoms with van der Waals surface area (Å²) in [6.45, 7) is 16.8. The molecule has 1 aliphatic heterocycles. The van der Waals surface area contributed by atoms with Gasteiger partial charge in [0.2, 0.25) is 5.91 Å². The zero-order valence-electron chi connectivity index (χ0n) is 19.6. The van der Waals surface area contributed by atoms with E-state index in [1.807, 2.05) is 32.6 Å². The number of aliphatic hydroxyl groups is 3. The van der Waals surface area contributed by atoms with Gasteiger partial charge in [0.05, 0.1) is 23.7 Å². The van der Waals surface area contributed by atoms with Crippen molar-refractivity contribution in [3.8, 4) is 0 Å². The molecule has 5 nitrogen and oxygen atoms in total. The Hall–Kier alpha value is -0.650. The van der Waals surface area contributed by atoms with Crippen LogP contribution in [0.2, 0.25) is 0 Å². The van der Waals surface area contributed by atoms with Gasteiger partial charge in [0.1, 0.15) is 0 Å². The lowest BCUT2D eigenvalue weighted by Gasteiger charge is -2.39. The van der Waals surface area contributed by atoms with Crippen LogP contribution in [0.15, 0.2) is 0 Å². The van der Waals surface area contributed by atoms with Crippen molar-refractivity contribution in [2.45, 2.75) is 105 Å². The average molecular weight is 402 g/mol. The molecule has 1 rings (SSSR count). The summed E-state index contributed by atoms with van der Waals surface area (Å²) in [5, 5.41) is 32.0. The summed E-state index contributed by atoms with van der Waals surface area (Å²) >= 11 is 0. The number of carbonyl (C=O) groups excluding carboxylic acids is 1. The van der Waals surface area contributed by atoms with Crippen LogP contribution in [0.1, 0.15) is 87.5 Å². The molecule has 0 radical (unpaired) electrons. The van der Waals surface area contributed by atoms with Crippen LogP contribution in [0.25, 0.3) is 0 Å². The Morgan fingerprint density at radius 3 is 2.25 bits per heavy atom. The van der Waals surface area contributed by atoms with Gasteiger partial charge < -0.3 is 20.2 Å². The lowest BCUT2D eigenvalue weighted by Crippen LogP contribution is -2.52. The number of nitrogens with zero attached hydrogens (tertiary/aromatic N) is 1. The van der Waals surface area contributed by atoms with E-state index in [2.05, 4.69) is 6.92 Å². The molecule has 1 aliphatic rings. The van der Waals surface area contributed by atoms with Gasteiger partial charge in [0.15, 0.2) is 0 Å². The first-order chi connectivity index (χ1) is 13.0. The molecule has 7 atom stereocenters. The molecule has 5 heteroatoms. The van der Waals surface area contributed by atoms with E-state index in [0.29, 0.717) is 12.3 Å². The summed E-state index contributed by atoms with van der Waals surface area (Å²) in [4.78, 5) is 14.7. The van der Waals surface area contributed by atoms with Gasteiger partial charge in [-0.05, 0) is 38.0 Å². The van der Waals surface area contributed by atoms with E-state index < -0.39 is 29.6 Å². The summed E-state index contributed by atoms with van der Waals surface area (Å²) in [6, 6.07) is 0. The molecule has 0 bridgehead atoms. The molecule has 1 heterocycles. The van der Waals surface area contributed by atoms with Gasteiger partial charge in [-0.3, -0.25) is 4.79 Å². The molecule has 168 valence electrons. The Kier molecular flexibility index (Phi) is 12.5. The highest BCUT2D eigenvalue weighted by atomic mass is 16.3. The Bertz CT molecular complexity index is 440. The minimum Gasteiger partial charge on any atom is -0.392 e. The summed E-state index contributed by atoms with van der Waals surface area (Å²) in [5.74, 6) is -0.399. The van der Waals surface area contributed by atoms with Crippen molar-refractivity contribution in [1.82, 2.24) is 4.90 Å². The van der Waals surface area contributed by atoms with E-state index in [1.165, 1.54) is 0 Å². The Morgan fingerprint density at radius 1 is 1.18 bits per heavy atom. The van der Waals surface area contributed by atoms with E-state index in [9.17, 15) is 20.1 Å². The minimum absolute atomic E-state index is 0.0451. The molecule has 0 spiro atoms. The monoisotopic (exact) mass is 401 g/mol. The fourth-order valence-electron chi connectivity index (χ4n) is 4.21. The molecule has 1 saturated heterocycles. The van der Waals surface area contributed by atoms with Crippen molar-refractivity contribution in [2.24, 2.45) is 23.7 Å². The molecule has 0 aromatic carbocycles. The molecule has 28 heavy (non-hydrogen) atoms. The van der Waals surface area contributed by atoms with Gasteiger partial charge in [0.25, 0.3) is 0 Å². The van der Waals surface area contributed by atoms with E-state index in [1.54, 1.807) is 20.8 Å². The van der Waals surface area contributed by atoms with Crippen LogP contribution in [0.4, 0.5) is 0 Å². The SMILES string of the molecule is CC.CCC1CCCN(C(=O)C(C)[C@@H](O)[C@H](C)[C@@H](O)[C@](C)(O)C[C@@H](C)CC)C1. The predicted octanol–water partition coefficient (Wildman–Crippen LogP) is 3.84. The highest BCUT2D eigenvalue weighted by Crippen LogP contribution is 2.30. The van der Waals surface area contributed by atoms with Gasteiger partial charge >= 0.3 is 0 Å². The molecule has 1 fully saturated rings. The number of rotatable bonds is 9. The third-order valence-corrected chi connectivity index (χ3v) is 6.44. The number of piperidine rings is 1. The zero-order valence-corrected chi connectivity index (χ0v) is 19.6. The maximum atomic E-state index is 12.8. The van der Waals surface area contributed by atoms with Crippen molar-refractivity contribution in [3.63, 3.8) is 0 Å². The smallest absolute Gasteiger partial charge is 0.228 e. The molecule has 2 unspecified atom stereocenters. The van der Waals surface area contributed by atoms with Crippen LogP contribution >= 0.6 is 0 Å². The highest BCUT2D eigenvalue weighted by molar-refractivity contribution is 5.79. The van der Waals surface area contributed by atoms with E-state index in [-0.39, 0.29) is 11.8 Å². The van der Waals surface area contributed by atoms with Crippen molar-refractivity contribution < 1.29 is 20.1 Å². The normalized spacial score (nSPS) is 24.8. The minimum atomic E-state index is -1.28. The molecule has 1 amide bonds. The van der Waals surface area contributed by atoms with Gasteiger partial charge in [-0.25, -0.2) is 0 Å². The maximum Gasteiger partial charge on any atom is 0.228 e. The van der Waals surface area contributed by atoms with Crippen LogP contribution < -0.4 is 0 Å². The van der Waals surface area contributed by atoms with E-state index in [0.717, 1.165) is 38.8 Å². The highest BCUT2D eigenvalue weighted by Gasteiger charge is 2.41. The quantitative estimate of drug-likeness (QED) is 0.548. The van der Waals surface area contributed by atoms with E-state index >= 15 is 0 Å². The molecule has 0 aliphatic carbocycles. The third kappa shape index (κ3) is 7.64. The lowest BCUT2D eigenvalue weighted by atomic mass is 9.77. The number of amides is 1. The van der Waals surface area contributed by atoms with Crippen molar-refractivity contribution in [2.75, 3.05) is 13.1 Å². The fraction of sp³-hybridized carbons (Fsp3) is 0.957. The summed E-state index contributed by atoms with van der Waals surface area (Å²) in [5.41, 5.74) is -1.28. The standard InChI is InChI=1S/C21H41NO4.C2H6/c1-7-14(3)12-21(6,26)19(24)15(4)18(23)16(5)20(25)22-11-9-10-17(8-2)13-22;1-2/h14-19,23-24,26H,7-13H2,1-6H3;1-2H3/t14-,15-,16?,17?,18-,19+,21+;/m0./s1. The first kappa shape index (κ1) is 27.4. The second-order valence-electron chi connectivity index (χ2n) is 8.86. The molecule has 3 N–H and O–H groups in total. The Balaban J connectivity index is 0.00000352. The Labute approximate surface area is 173 Å². The maximum absolute atomic E-state index is 12.8. The Morgan fingerprint density at radius 2 is 1.75 bits per heavy atom. The number of hydrogen-bond acceptors (Lipinski definition) is 4. The van der Waals surface area contributed by atoms with Gasteiger partial charge in [-0.1, -0.05) is 61.3 Å². The molecule has 0 aromatic rings. The van der Waals surface area contributed by atoms with Crippen LogP contribution in [0.3, 0.4) is 0 Å². The predicted molar refractivity (Wildman–Crippen MR) is 116 cm³/mol. The van der Waals surface area contributed by atoms with Crippen molar-refractivity contribution in [3.05, 3.63) is 0 Å². The van der Waals surface area contributed by atoms with Gasteiger partial charge in [-0.2, -0.15) is 0 Å². The largest absolute Gasteiger partial charge is 0.392 e. The van der Waals surface area contributed by atoms with Gasteiger partial charge in [0, 0.05) is 19.0 Å². The lowest BCUT2D eigenvalue weighted by molar-refractivity contribution is -0.150. The average Bonchev–Trinajstić information content (AvgIpc) is 2.71. The molecule has 0 saturated carbocycles. The number of hydrogen-bond donors (Lipinski definition) is 3. The van der Waals surface area contributed by atoms with Crippen molar-refractivity contribution in [1.29, 1.82) is 0 Å². The number of likely N-dealkylation sites (tertiary alicyclic amines) is 1. The van der Waals surface area contributed by atoms with Crippen LogP contribution in [-0.2, 0) is 4.79 Å². The fourth-order valence-corrected chi connectivity index (χ4v) is 4.21. The van der Waals surface area contributed by atoms with Crippen LogP contribution in [-0.4, -0.2) is 57.0 Å². The van der Waals surface area contributed by atoms with Gasteiger partial charge in [-0.15, -0.1) is 0 Å². The third-order valence-electron chi connectivity index (χ3n) is 6.44. The summed E-state index contributed by atoms with van der Waals surface area (Å²) < 4.78 is 0. The van der Waals surface area contributed by atoms with Crippen LogP contribution in [0, 0.1) is 23.7 Å². The number of carbonyl (C=O) groups is 1. The first-order valence-corrected chi connectivity index (χ1v) is 11.4. The molecular weight excluding hydrogens is 354 g/mol. The molecular formula is C23H47NO4. The van der Waals surface area contributed by atoms with E-state index in [4.69, 9.17) is 0 Å². The second-order valence-corrected chi connectivity index (χ2v) is 8.86. The molecule has 0 aromatic heterocycles. The van der Waals surface area contributed by atoms with Crippen molar-refractivity contribution >= 4 is 5.91 Å². The summed E-state index contributed by atoms with van der Waals surface area (Å²) in [7, 11) is 0. The zero-order chi connectivity index (χ0) is 22.1. The number of aliphatic hydroxyl groups excluding tert-OH is 2. The first-order valence-electron chi connectivity index (χ1n) is 11.4. The topological polar surface area (TPSA) is 81.0 Å². The second kappa shape index (κ2) is 12.8. The summed E-state index contributed by atoms with van der Waals surface area (Å²) in [6.07, 6.45) is 2.55. The van der Waals surface area contributed by atoms with Crippen LogP contribution in [0.5, 0.6) is 0 Å².